The first-order valence-electron chi connectivity index (χ1n) is 7.56. The van der Waals surface area contributed by atoms with E-state index in [1.807, 2.05) is 13.0 Å². The molecule has 0 atom stereocenters. The van der Waals surface area contributed by atoms with E-state index in [1.165, 1.54) is 32.1 Å². The van der Waals surface area contributed by atoms with Gasteiger partial charge in [-0.3, -0.25) is 0 Å². The Hall–Kier alpha value is -1.09. The van der Waals surface area contributed by atoms with Crippen LogP contribution in [0.1, 0.15) is 50.5 Å². The van der Waals surface area contributed by atoms with E-state index in [-0.39, 0.29) is 0 Å². The predicted molar refractivity (Wildman–Crippen MR) is 83.0 cm³/mol. The maximum absolute atomic E-state index is 6.11. The Labute approximate surface area is 125 Å². The Morgan fingerprint density at radius 3 is 2.65 bits per heavy atom. The molecule has 0 unspecified atom stereocenters. The highest BCUT2D eigenvalue weighted by molar-refractivity contribution is 6.16. The van der Waals surface area contributed by atoms with Crippen molar-refractivity contribution in [2.45, 2.75) is 58.4 Å². The highest BCUT2D eigenvalue weighted by Gasteiger charge is 2.33. The van der Waals surface area contributed by atoms with Crippen molar-refractivity contribution in [3.63, 3.8) is 0 Å². The molecule has 0 radical (unpaired) electrons. The zero-order valence-electron chi connectivity index (χ0n) is 12.3. The smallest absolute Gasteiger partial charge is 0.160 e. The summed E-state index contributed by atoms with van der Waals surface area (Å²) in [6, 6.07) is 4.07. The second kappa shape index (κ2) is 5.36. The van der Waals surface area contributed by atoms with Crippen LogP contribution in [0.2, 0.25) is 0 Å². The summed E-state index contributed by atoms with van der Waals surface area (Å²) in [5.74, 6) is 1.41. The van der Waals surface area contributed by atoms with Gasteiger partial charge in [-0.1, -0.05) is 19.8 Å². The Morgan fingerprint density at radius 2 is 2.00 bits per heavy atom. The molecule has 0 bridgehead atoms. The normalized spacial score (nSPS) is 17.9. The third-order valence-electron chi connectivity index (χ3n) is 4.84. The van der Waals surface area contributed by atoms with E-state index in [0.29, 0.717) is 11.3 Å². The molecule has 4 heteroatoms. The lowest BCUT2D eigenvalue weighted by Crippen LogP contribution is -2.24. The molecule has 2 heterocycles. The van der Waals surface area contributed by atoms with Crippen LogP contribution in [0.25, 0.3) is 11.2 Å². The number of alkyl halides is 1. The Kier molecular flexibility index (Phi) is 3.72. The molecule has 2 aromatic heterocycles. The molecule has 0 spiro atoms. The van der Waals surface area contributed by atoms with Crippen LogP contribution in [-0.4, -0.2) is 14.5 Å². The molecular weight excluding hydrogens is 270 g/mol. The van der Waals surface area contributed by atoms with E-state index >= 15 is 0 Å². The largest absolute Gasteiger partial charge is 0.311 e. The molecule has 0 aliphatic heterocycles. The number of nitrogens with zero attached hydrogens (tertiary/aromatic N) is 3. The highest BCUT2D eigenvalue weighted by atomic mass is 35.5. The molecular formula is C16H22ClN3. The van der Waals surface area contributed by atoms with Gasteiger partial charge in [0.1, 0.15) is 11.3 Å². The van der Waals surface area contributed by atoms with Crippen LogP contribution in [0.4, 0.5) is 0 Å². The number of rotatable bonds is 4. The fraction of sp³-hybridized carbons (Fsp3) is 0.625. The van der Waals surface area contributed by atoms with Crippen molar-refractivity contribution in [3.8, 4) is 0 Å². The third kappa shape index (κ3) is 2.32. The minimum absolute atomic E-state index is 0.417. The molecule has 1 aliphatic rings. The quantitative estimate of drug-likeness (QED) is 0.779. The van der Waals surface area contributed by atoms with Crippen LogP contribution in [0, 0.1) is 12.3 Å². The number of hydrogen-bond donors (Lipinski definition) is 0. The topological polar surface area (TPSA) is 30.7 Å². The van der Waals surface area contributed by atoms with Crippen molar-refractivity contribution >= 4 is 22.8 Å². The summed E-state index contributed by atoms with van der Waals surface area (Å²) < 4.78 is 2.27. The molecule has 20 heavy (non-hydrogen) atoms. The van der Waals surface area contributed by atoms with Gasteiger partial charge in [0.15, 0.2) is 5.65 Å². The van der Waals surface area contributed by atoms with E-state index < -0.39 is 0 Å². The summed E-state index contributed by atoms with van der Waals surface area (Å²) in [6.45, 7) is 5.35. The van der Waals surface area contributed by atoms with E-state index in [1.54, 1.807) is 0 Å². The monoisotopic (exact) mass is 291 g/mol. The van der Waals surface area contributed by atoms with Crippen LogP contribution in [0.15, 0.2) is 12.1 Å². The molecule has 2 aromatic rings. The minimum atomic E-state index is 0.417. The van der Waals surface area contributed by atoms with Gasteiger partial charge in [-0.25, -0.2) is 9.97 Å². The number of pyridine rings is 1. The van der Waals surface area contributed by atoms with Crippen molar-refractivity contribution in [3.05, 3.63) is 23.7 Å². The number of halogens is 1. The average molecular weight is 292 g/mol. The zero-order valence-corrected chi connectivity index (χ0v) is 13.1. The first-order chi connectivity index (χ1) is 9.67. The van der Waals surface area contributed by atoms with Crippen molar-refractivity contribution in [2.24, 2.45) is 5.41 Å². The number of fused-ring (bicyclic) bond motifs is 1. The van der Waals surface area contributed by atoms with Crippen molar-refractivity contribution in [1.29, 1.82) is 0 Å². The van der Waals surface area contributed by atoms with Gasteiger partial charge >= 0.3 is 0 Å². The lowest BCUT2D eigenvalue weighted by Gasteiger charge is -2.28. The van der Waals surface area contributed by atoms with Gasteiger partial charge in [-0.15, -0.1) is 11.6 Å². The fourth-order valence-corrected chi connectivity index (χ4v) is 3.70. The maximum atomic E-state index is 6.11. The molecule has 0 N–H and O–H groups in total. The van der Waals surface area contributed by atoms with Gasteiger partial charge in [0.2, 0.25) is 0 Å². The van der Waals surface area contributed by atoms with Gasteiger partial charge in [0.25, 0.3) is 0 Å². The van der Waals surface area contributed by atoms with Crippen molar-refractivity contribution in [2.75, 3.05) is 0 Å². The molecule has 0 amide bonds. The Bertz CT molecular complexity index is 611. The SMILES string of the molecule is CCC1(Cn2c(CCl)nc3ccc(C)nc32)CCCC1. The molecule has 1 saturated carbocycles. The summed E-state index contributed by atoms with van der Waals surface area (Å²) in [6.07, 6.45) is 6.56. The van der Waals surface area contributed by atoms with Crippen LogP contribution in [0.3, 0.4) is 0 Å². The maximum Gasteiger partial charge on any atom is 0.160 e. The number of hydrogen-bond acceptors (Lipinski definition) is 2. The third-order valence-corrected chi connectivity index (χ3v) is 5.08. The summed E-state index contributed by atoms with van der Waals surface area (Å²) in [5.41, 5.74) is 3.42. The molecule has 108 valence electrons. The summed E-state index contributed by atoms with van der Waals surface area (Å²) in [7, 11) is 0. The molecule has 3 rings (SSSR count). The zero-order chi connectivity index (χ0) is 14.2. The van der Waals surface area contributed by atoms with E-state index in [4.69, 9.17) is 16.6 Å². The first kappa shape index (κ1) is 13.9. The molecule has 1 fully saturated rings. The number of imidazole rings is 1. The number of aromatic nitrogens is 3. The second-order valence-corrected chi connectivity index (χ2v) is 6.37. The predicted octanol–water partition coefficient (Wildman–Crippen LogP) is 4.45. The molecule has 1 aliphatic carbocycles. The summed E-state index contributed by atoms with van der Waals surface area (Å²) >= 11 is 6.11. The van der Waals surface area contributed by atoms with Crippen molar-refractivity contribution in [1.82, 2.24) is 14.5 Å². The molecule has 0 aromatic carbocycles. The van der Waals surface area contributed by atoms with Gasteiger partial charge < -0.3 is 4.57 Å². The second-order valence-electron chi connectivity index (χ2n) is 6.10. The van der Waals surface area contributed by atoms with E-state index in [9.17, 15) is 0 Å². The Balaban J connectivity index is 2.06. The van der Waals surface area contributed by atoms with Gasteiger partial charge in [0, 0.05) is 12.2 Å². The van der Waals surface area contributed by atoms with Crippen LogP contribution >= 0.6 is 11.6 Å². The minimum Gasteiger partial charge on any atom is -0.311 e. The van der Waals surface area contributed by atoms with Crippen LogP contribution in [0.5, 0.6) is 0 Å². The fourth-order valence-electron chi connectivity index (χ4n) is 3.50. The first-order valence-corrected chi connectivity index (χ1v) is 8.10. The molecule has 3 nitrogen and oxygen atoms in total. The van der Waals surface area contributed by atoms with Gasteiger partial charge in [-0.2, -0.15) is 0 Å². The standard InChI is InChI=1S/C16H22ClN3/c1-3-16(8-4-5-9-16)11-20-14(10-17)19-13-7-6-12(2)18-15(13)20/h6-7H,3-5,8-11H2,1-2H3. The Morgan fingerprint density at radius 1 is 1.25 bits per heavy atom. The van der Waals surface area contributed by atoms with Crippen LogP contribution < -0.4 is 0 Å². The summed E-state index contributed by atoms with van der Waals surface area (Å²) in [4.78, 5) is 9.34. The average Bonchev–Trinajstić information content (AvgIpc) is 3.05. The lowest BCUT2D eigenvalue weighted by atomic mass is 9.83. The van der Waals surface area contributed by atoms with Gasteiger partial charge in [0.05, 0.1) is 5.88 Å². The van der Waals surface area contributed by atoms with E-state index in [0.717, 1.165) is 29.2 Å². The number of aryl methyl sites for hydroxylation is 1. The molecule has 0 saturated heterocycles. The summed E-state index contributed by atoms with van der Waals surface area (Å²) in [5, 5.41) is 0. The van der Waals surface area contributed by atoms with E-state index in [2.05, 4.69) is 22.5 Å². The van der Waals surface area contributed by atoms with Gasteiger partial charge in [-0.05, 0) is 43.7 Å². The van der Waals surface area contributed by atoms with Crippen LogP contribution in [-0.2, 0) is 12.4 Å². The highest BCUT2D eigenvalue weighted by Crippen LogP contribution is 2.43. The lowest BCUT2D eigenvalue weighted by molar-refractivity contribution is 0.238. The van der Waals surface area contributed by atoms with Crippen molar-refractivity contribution < 1.29 is 0 Å².